The summed E-state index contributed by atoms with van der Waals surface area (Å²) in [6.45, 7) is 8.92. The number of rotatable bonds is 4. The summed E-state index contributed by atoms with van der Waals surface area (Å²) < 4.78 is 0. The molecule has 0 aliphatic heterocycles. The van der Waals surface area contributed by atoms with Gasteiger partial charge in [-0.05, 0) is 57.4 Å². The number of hydrogen-bond donors (Lipinski definition) is 0. The molecule has 0 aromatic heterocycles. The zero-order valence-electron chi connectivity index (χ0n) is 11.7. The minimum absolute atomic E-state index is 0.500. The summed E-state index contributed by atoms with van der Waals surface area (Å²) in [5, 5.41) is 1.36. The highest BCUT2D eigenvalue weighted by atomic mass is 31.1. The van der Waals surface area contributed by atoms with Crippen molar-refractivity contribution in [2.75, 3.05) is 14.1 Å². The Kier molecular flexibility index (Phi) is 4.81. The first-order valence-electron chi connectivity index (χ1n) is 6.86. The maximum absolute atomic E-state index is 6.57. The molecule has 0 saturated heterocycles. The van der Waals surface area contributed by atoms with Crippen LogP contribution >= 0.6 is 7.92 Å². The number of hydrogen-bond acceptors (Lipinski definition) is 1. The van der Waals surface area contributed by atoms with Gasteiger partial charge in [0.1, 0.15) is 0 Å². The Morgan fingerprint density at radius 3 is 2.50 bits per heavy atom. The van der Waals surface area contributed by atoms with E-state index in [9.17, 15) is 0 Å². The van der Waals surface area contributed by atoms with Crippen LogP contribution < -0.4 is 5.30 Å². The van der Waals surface area contributed by atoms with Gasteiger partial charge in [0.2, 0.25) is 0 Å². The molecular formula is C16H24NP. The molecule has 98 valence electrons. The lowest BCUT2D eigenvalue weighted by Crippen LogP contribution is -2.36. The van der Waals surface area contributed by atoms with Crippen molar-refractivity contribution in [2.45, 2.75) is 37.9 Å². The molecule has 2 heteroatoms. The second-order valence-corrected chi connectivity index (χ2v) is 7.60. The van der Waals surface area contributed by atoms with Crippen LogP contribution in [0.15, 0.2) is 30.3 Å². The summed E-state index contributed by atoms with van der Waals surface area (Å²) >= 11 is 0. The molecule has 3 unspecified atom stereocenters. The van der Waals surface area contributed by atoms with Gasteiger partial charge in [0.25, 0.3) is 0 Å². The third-order valence-electron chi connectivity index (χ3n) is 4.38. The van der Waals surface area contributed by atoms with Gasteiger partial charge < -0.3 is 4.90 Å². The van der Waals surface area contributed by atoms with Gasteiger partial charge in [0.05, 0.1) is 0 Å². The van der Waals surface area contributed by atoms with Gasteiger partial charge in [-0.15, -0.1) is 0 Å². The summed E-state index contributed by atoms with van der Waals surface area (Å²) in [7, 11) is 3.86. The molecule has 1 aliphatic rings. The molecule has 1 aromatic rings. The van der Waals surface area contributed by atoms with E-state index in [2.05, 4.69) is 56.3 Å². The first-order valence-corrected chi connectivity index (χ1v) is 8.34. The van der Waals surface area contributed by atoms with Crippen LogP contribution in [0, 0.1) is 12.6 Å². The van der Waals surface area contributed by atoms with E-state index in [-0.39, 0.29) is 0 Å². The Morgan fingerprint density at radius 2 is 1.89 bits per heavy atom. The molecule has 4 atom stereocenters. The van der Waals surface area contributed by atoms with Crippen LogP contribution in [0.1, 0.15) is 26.2 Å². The minimum Gasteiger partial charge on any atom is -0.306 e. The quantitative estimate of drug-likeness (QED) is 0.749. The molecule has 1 nitrogen and oxygen atoms in total. The lowest BCUT2D eigenvalue weighted by atomic mass is 9.98. The van der Waals surface area contributed by atoms with Crippen LogP contribution in [0.3, 0.4) is 0 Å². The van der Waals surface area contributed by atoms with Crippen molar-refractivity contribution >= 4 is 13.2 Å². The van der Waals surface area contributed by atoms with Crippen LogP contribution in [-0.2, 0) is 0 Å². The average molecular weight is 261 g/mol. The molecule has 0 N–H and O–H groups in total. The lowest BCUT2D eigenvalue weighted by Gasteiger charge is -2.34. The summed E-state index contributed by atoms with van der Waals surface area (Å²) in [6.07, 6.45) is 3.99. The number of benzene rings is 1. The van der Waals surface area contributed by atoms with Gasteiger partial charge in [-0.2, -0.15) is 0 Å². The summed E-state index contributed by atoms with van der Waals surface area (Å²) in [5.74, 6) is 0.760. The molecule has 0 heterocycles. The van der Waals surface area contributed by atoms with Crippen molar-refractivity contribution in [1.29, 1.82) is 0 Å². The fourth-order valence-electron chi connectivity index (χ4n) is 3.05. The first-order chi connectivity index (χ1) is 8.61. The molecule has 1 saturated carbocycles. The highest BCUT2D eigenvalue weighted by molar-refractivity contribution is 7.67. The molecule has 2 radical (unpaired) electrons. The monoisotopic (exact) mass is 261 g/mol. The molecule has 0 amide bonds. The second kappa shape index (κ2) is 6.17. The second-order valence-electron chi connectivity index (χ2n) is 5.61. The molecule has 1 aliphatic carbocycles. The van der Waals surface area contributed by atoms with E-state index in [1.165, 1.54) is 24.6 Å². The molecule has 0 spiro atoms. The van der Waals surface area contributed by atoms with Crippen LogP contribution in [-0.4, -0.2) is 30.7 Å². The van der Waals surface area contributed by atoms with E-state index in [4.69, 9.17) is 6.66 Å². The van der Waals surface area contributed by atoms with E-state index in [1.807, 2.05) is 0 Å². The van der Waals surface area contributed by atoms with Crippen LogP contribution in [0.25, 0.3) is 0 Å². The predicted octanol–water partition coefficient (Wildman–Crippen LogP) is 3.58. The molecule has 18 heavy (non-hydrogen) atoms. The zero-order chi connectivity index (χ0) is 13.1. The lowest BCUT2D eigenvalue weighted by molar-refractivity contribution is 0.232. The zero-order valence-corrected chi connectivity index (χ0v) is 12.6. The Labute approximate surface area is 113 Å². The van der Waals surface area contributed by atoms with Crippen molar-refractivity contribution in [3.05, 3.63) is 37.0 Å². The standard InChI is InChI=1S/C16H24NP/c1-13(17(2)3)15-11-8-12-16(15)18(4)14-9-6-5-7-10-14/h4-7,9-10,13,15-16H,8,11-12H2,1-3H3/t13-,15?,16?,18?/m1/s1. The average Bonchev–Trinajstić information content (AvgIpc) is 2.87. The Bertz CT molecular complexity index is 363. The number of nitrogens with zero attached hydrogens (tertiary/aromatic N) is 1. The highest BCUT2D eigenvalue weighted by Gasteiger charge is 2.36. The molecule has 2 rings (SSSR count). The molecule has 1 aromatic carbocycles. The van der Waals surface area contributed by atoms with E-state index < -0.39 is 7.92 Å². The van der Waals surface area contributed by atoms with E-state index in [0.29, 0.717) is 11.7 Å². The summed E-state index contributed by atoms with van der Waals surface area (Å²) in [6, 6.07) is 11.3. The van der Waals surface area contributed by atoms with Crippen molar-refractivity contribution in [2.24, 2.45) is 5.92 Å². The Balaban J connectivity index is 2.12. The third kappa shape index (κ3) is 2.95. The Morgan fingerprint density at radius 1 is 1.22 bits per heavy atom. The van der Waals surface area contributed by atoms with Gasteiger partial charge in [-0.25, -0.2) is 0 Å². The smallest absolute Gasteiger partial charge is 0.00952 e. The molecule has 1 fully saturated rings. The maximum Gasteiger partial charge on any atom is 0.00952 e. The van der Waals surface area contributed by atoms with Crippen LogP contribution in [0.5, 0.6) is 0 Å². The van der Waals surface area contributed by atoms with Crippen LogP contribution in [0.2, 0.25) is 0 Å². The fraction of sp³-hybridized carbons (Fsp3) is 0.562. The first kappa shape index (κ1) is 14.0. The normalized spacial score (nSPS) is 27.4. The van der Waals surface area contributed by atoms with E-state index in [0.717, 1.165) is 5.92 Å². The van der Waals surface area contributed by atoms with Crippen molar-refractivity contribution < 1.29 is 0 Å². The predicted molar refractivity (Wildman–Crippen MR) is 81.6 cm³/mol. The maximum atomic E-state index is 6.57. The van der Waals surface area contributed by atoms with Gasteiger partial charge >= 0.3 is 0 Å². The third-order valence-corrected chi connectivity index (χ3v) is 6.63. The molecular weight excluding hydrogens is 237 g/mol. The van der Waals surface area contributed by atoms with Crippen LogP contribution in [0.4, 0.5) is 0 Å². The van der Waals surface area contributed by atoms with Gasteiger partial charge in [0.15, 0.2) is 0 Å². The summed E-state index contributed by atoms with van der Waals surface area (Å²) in [5.41, 5.74) is 0.694. The van der Waals surface area contributed by atoms with Crippen molar-refractivity contribution in [1.82, 2.24) is 4.90 Å². The van der Waals surface area contributed by atoms with Gasteiger partial charge in [0, 0.05) is 6.04 Å². The van der Waals surface area contributed by atoms with Crippen molar-refractivity contribution in [3.63, 3.8) is 0 Å². The summed E-state index contributed by atoms with van der Waals surface area (Å²) in [4.78, 5) is 2.34. The van der Waals surface area contributed by atoms with Gasteiger partial charge in [-0.1, -0.05) is 44.7 Å². The van der Waals surface area contributed by atoms with E-state index in [1.54, 1.807) is 0 Å². The van der Waals surface area contributed by atoms with Gasteiger partial charge in [-0.3, -0.25) is 0 Å². The van der Waals surface area contributed by atoms with E-state index >= 15 is 0 Å². The molecule has 0 bridgehead atoms. The topological polar surface area (TPSA) is 3.24 Å². The highest BCUT2D eigenvalue weighted by Crippen LogP contribution is 2.50. The largest absolute Gasteiger partial charge is 0.306 e. The van der Waals surface area contributed by atoms with Crippen molar-refractivity contribution in [3.8, 4) is 0 Å². The Hall–Kier alpha value is -0.390. The minimum atomic E-state index is -0.500. The fourth-order valence-corrected chi connectivity index (χ4v) is 5.22. The SMILES string of the molecule is [CH]P(c1ccccc1)C1CCCC1[C@@H](C)N(C)C.